The maximum atomic E-state index is 13.2. The fraction of sp³-hybridized carbons (Fsp3) is 0.240. The van der Waals surface area contributed by atoms with Crippen LogP contribution in [0, 0.1) is 5.82 Å². The molecule has 166 valence electrons. The zero-order chi connectivity index (χ0) is 23.3. The van der Waals surface area contributed by atoms with E-state index >= 15 is 0 Å². The number of hydrogen-bond acceptors (Lipinski definition) is 5. The Labute approximate surface area is 186 Å². The molecule has 1 atom stereocenters. The van der Waals surface area contributed by atoms with Gasteiger partial charge < -0.3 is 10.5 Å². The smallest absolute Gasteiger partial charge is 0.421 e. The van der Waals surface area contributed by atoms with Crippen molar-refractivity contribution < 1.29 is 18.7 Å². The molecule has 0 saturated heterocycles. The highest BCUT2D eigenvalue weighted by atomic mass is 19.1. The highest BCUT2D eigenvalue weighted by molar-refractivity contribution is 6.14. The monoisotopic (exact) mass is 435 g/mol. The third kappa shape index (κ3) is 5.98. The number of pyridine rings is 1. The molecule has 0 saturated carbocycles. The average Bonchev–Trinajstić information content (AvgIpc) is 2.75. The number of carbonyl (C=O) groups excluding carboxylic acids is 2. The van der Waals surface area contributed by atoms with Crippen LogP contribution in [-0.4, -0.2) is 28.6 Å². The van der Waals surface area contributed by atoms with Crippen molar-refractivity contribution in [3.63, 3.8) is 0 Å². The second-order valence-electron chi connectivity index (χ2n) is 8.37. The summed E-state index contributed by atoms with van der Waals surface area (Å²) in [6, 6.07) is 15.4. The lowest BCUT2D eigenvalue weighted by atomic mass is 10.0. The van der Waals surface area contributed by atoms with Crippen molar-refractivity contribution in [3.05, 3.63) is 84.4 Å². The number of imide groups is 1. The molecule has 0 aliphatic carbocycles. The fourth-order valence-electron chi connectivity index (χ4n) is 3.11. The lowest BCUT2D eigenvalue weighted by Gasteiger charge is -2.28. The number of amides is 2. The number of anilines is 1. The SMILES string of the molecule is CC(C)(C)OC(=O)N(C(=O)[C@H](N)Cc1ccc(F)cc1)c1ccc(-c2ccncc2)cc1. The van der Waals surface area contributed by atoms with E-state index < -0.39 is 23.6 Å². The molecule has 2 N–H and O–H groups in total. The van der Waals surface area contributed by atoms with Crippen LogP contribution in [0.1, 0.15) is 26.3 Å². The van der Waals surface area contributed by atoms with Crippen LogP contribution in [0.3, 0.4) is 0 Å². The first-order valence-electron chi connectivity index (χ1n) is 10.2. The number of carbonyl (C=O) groups is 2. The number of nitrogens with zero attached hydrogens (tertiary/aromatic N) is 2. The maximum Gasteiger partial charge on any atom is 0.421 e. The van der Waals surface area contributed by atoms with Gasteiger partial charge in [-0.1, -0.05) is 24.3 Å². The summed E-state index contributed by atoms with van der Waals surface area (Å²) in [5.41, 5.74) is 8.24. The van der Waals surface area contributed by atoms with Gasteiger partial charge >= 0.3 is 6.09 Å². The van der Waals surface area contributed by atoms with Crippen LogP contribution in [0.4, 0.5) is 14.9 Å². The number of aromatic nitrogens is 1. The van der Waals surface area contributed by atoms with Gasteiger partial charge in [-0.2, -0.15) is 0 Å². The Morgan fingerprint density at radius 2 is 1.53 bits per heavy atom. The Morgan fingerprint density at radius 3 is 2.09 bits per heavy atom. The van der Waals surface area contributed by atoms with Gasteiger partial charge in [0, 0.05) is 12.4 Å². The van der Waals surface area contributed by atoms with Gasteiger partial charge in [0.15, 0.2) is 0 Å². The quantitative estimate of drug-likeness (QED) is 0.626. The van der Waals surface area contributed by atoms with Crippen molar-refractivity contribution >= 4 is 17.7 Å². The summed E-state index contributed by atoms with van der Waals surface area (Å²) in [4.78, 5) is 31.1. The molecular weight excluding hydrogens is 409 g/mol. The van der Waals surface area contributed by atoms with Crippen LogP contribution in [0.25, 0.3) is 11.1 Å². The van der Waals surface area contributed by atoms with Crippen molar-refractivity contribution in [1.82, 2.24) is 4.98 Å². The van der Waals surface area contributed by atoms with Gasteiger partial charge in [-0.3, -0.25) is 9.78 Å². The summed E-state index contributed by atoms with van der Waals surface area (Å²) in [6.45, 7) is 5.16. The van der Waals surface area contributed by atoms with E-state index in [0.29, 0.717) is 11.3 Å². The van der Waals surface area contributed by atoms with E-state index in [2.05, 4.69) is 4.98 Å². The molecule has 3 aromatic rings. The fourth-order valence-corrected chi connectivity index (χ4v) is 3.11. The van der Waals surface area contributed by atoms with E-state index in [1.165, 1.54) is 12.1 Å². The molecule has 0 bridgehead atoms. The second kappa shape index (κ2) is 9.70. The van der Waals surface area contributed by atoms with Crippen molar-refractivity contribution in [2.24, 2.45) is 5.73 Å². The van der Waals surface area contributed by atoms with Gasteiger partial charge in [0.25, 0.3) is 5.91 Å². The summed E-state index contributed by atoms with van der Waals surface area (Å²) in [5.74, 6) is -0.987. The van der Waals surface area contributed by atoms with Crippen LogP contribution in [0.15, 0.2) is 73.1 Å². The van der Waals surface area contributed by atoms with Crippen LogP contribution in [-0.2, 0) is 16.0 Å². The number of rotatable bonds is 5. The highest BCUT2D eigenvalue weighted by Gasteiger charge is 2.32. The van der Waals surface area contributed by atoms with E-state index in [9.17, 15) is 14.0 Å². The largest absolute Gasteiger partial charge is 0.443 e. The minimum atomic E-state index is -1.02. The van der Waals surface area contributed by atoms with Crippen molar-refractivity contribution in [2.45, 2.75) is 38.8 Å². The normalized spacial score (nSPS) is 12.2. The molecule has 0 fully saturated rings. The summed E-state index contributed by atoms with van der Waals surface area (Å²) < 4.78 is 18.6. The highest BCUT2D eigenvalue weighted by Crippen LogP contribution is 2.25. The first-order chi connectivity index (χ1) is 15.1. The van der Waals surface area contributed by atoms with Gasteiger partial charge in [0.05, 0.1) is 11.7 Å². The van der Waals surface area contributed by atoms with Gasteiger partial charge in [-0.15, -0.1) is 0 Å². The number of hydrogen-bond donors (Lipinski definition) is 1. The zero-order valence-corrected chi connectivity index (χ0v) is 18.3. The van der Waals surface area contributed by atoms with Gasteiger partial charge in [-0.05, 0) is 80.3 Å². The summed E-state index contributed by atoms with van der Waals surface area (Å²) in [6.07, 6.45) is 2.71. The molecule has 1 heterocycles. The van der Waals surface area contributed by atoms with Crippen molar-refractivity contribution in [2.75, 3.05) is 4.90 Å². The molecular formula is C25H26FN3O3. The number of ether oxygens (including phenoxy) is 1. The average molecular weight is 435 g/mol. The number of benzene rings is 2. The zero-order valence-electron chi connectivity index (χ0n) is 18.3. The summed E-state index contributed by atoms with van der Waals surface area (Å²) in [5, 5.41) is 0. The first-order valence-corrected chi connectivity index (χ1v) is 10.2. The molecule has 32 heavy (non-hydrogen) atoms. The Hall–Kier alpha value is -3.58. The molecule has 7 heteroatoms. The predicted octanol–water partition coefficient (Wildman–Crippen LogP) is 4.73. The van der Waals surface area contributed by atoms with Gasteiger partial charge in [0.2, 0.25) is 0 Å². The van der Waals surface area contributed by atoms with E-state index in [1.54, 1.807) is 69.6 Å². The van der Waals surface area contributed by atoms with Crippen LogP contribution >= 0.6 is 0 Å². The molecule has 1 aromatic heterocycles. The van der Waals surface area contributed by atoms with Crippen molar-refractivity contribution in [3.8, 4) is 11.1 Å². The number of halogens is 1. The lowest BCUT2D eigenvalue weighted by molar-refractivity contribution is -0.119. The Kier molecular flexibility index (Phi) is 7.00. The molecule has 6 nitrogen and oxygen atoms in total. The number of nitrogens with two attached hydrogens (primary N) is 1. The van der Waals surface area contributed by atoms with E-state index in [1.807, 2.05) is 12.1 Å². The molecule has 0 aliphatic rings. The van der Waals surface area contributed by atoms with E-state index in [0.717, 1.165) is 16.0 Å². The molecule has 0 aliphatic heterocycles. The minimum Gasteiger partial charge on any atom is -0.443 e. The third-order valence-corrected chi connectivity index (χ3v) is 4.62. The van der Waals surface area contributed by atoms with E-state index in [-0.39, 0.29) is 12.2 Å². The maximum absolute atomic E-state index is 13.2. The van der Waals surface area contributed by atoms with Crippen LogP contribution in [0.5, 0.6) is 0 Å². The van der Waals surface area contributed by atoms with Crippen molar-refractivity contribution in [1.29, 1.82) is 0 Å². The molecule has 0 spiro atoms. The topological polar surface area (TPSA) is 85.5 Å². The summed E-state index contributed by atoms with van der Waals surface area (Å²) in [7, 11) is 0. The molecule has 0 unspecified atom stereocenters. The van der Waals surface area contributed by atoms with Crippen LogP contribution in [0.2, 0.25) is 0 Å². The Bertz CT molecular complexity index is 1060. The second-order valence-corrected chi connectivity index (χ2v) is 8.37. The lowest BCUT2D eigenvalue weighted by Crippen LogP contribution is -2.49. The molecule has 3 rings (SSSR count). The predicted molar refractivity (Wildman–Crippen MR) is 121 cm³/mol. The summed E-state index contributed by atoms with van der Waals surface area (Å²) >= 11 is 0. The van der Waals surface area contributed by atoms with Crippen LogP contribution < -0.4 is 10.6 Å². The standard InChI is InChI=1S/C25H26FN3O3/c1-25(2,3)32-24(31)29(23(30)22(27)16-17-4-8-20(26)9-5-17)21-10-6-18(7-11-21)19-12-14-28-15-13-19/h4-15,22H,16,27H2,1-3H3/t22-/m1/s1. The molecule has 2 amide bonds. The Morgan fingerprint density at radius 1 is 0.969 bits per heavy atom. The van der Waals surface area contributed by atoms with E-state index in [4.69, 9.17) is 10.5 Å². The van der Waals surface area contributed by atoms with Gasteiger partial charge in [-0.25, -0.2) is 14.1 Å². The molecule has 2 aromatic carbocycles. The Balaban J connectivity index is 1.88. The van der Waals surface area contributed by atoms with Gasteiger partial charge in [0.1, 0.15) is 11.4 Å². The molecule has 0 radical (unpaired) electrons. The minimum absolute atomic E-state index is 0.146. The third-order valence-electron chi connectivity index (χ3n) is 4.62. The first kappa shape index (κ1) is 23.1.